The lowest BCUT2D eigenvalue weighted by molar-refractivity contribution is -0.127. The smallest absolute Gasteiger partial charge is 0.227 e. The molecule has 0 heterocycles. The zero-order valence-corrected chi connectivity index (χ0v) is 27.3. The summed E-state index contributed by atoms with van der Waals surface area (Å²) in [6, 6.07) is 24.0. The Balaban J connectivity index is -0.0000000830. The summed E-state index contributed by atoms with van der Waals surface area (Å²) < 4.78 is 0. The monoisotopic (exact) mass is 547 g/mol. The van der Waals surface area contributed by atoms with Crippen molar-refractivity contribution >= 4 is 23.3 Å². The predicted molar refractivity (Wildman–Crippen MR) is 172 cm³/mol. The first-order valence-corrected chi connectivity index (χ1v) is 14.2. The molecule has 0 aromatic heterocycles. The second kappa shape index (κ2) is 51.5. The molecule has 0 saturated heterocycles. The van der Waals surface area contributed by atoms with Gasteiger partial charge in [0.2, 0.25) is 5.91 Å². The van der Waals surface area contributed by atoms with Crippen LogP contribution in [-0.2, 0) is 19.2 Å². The van der Waals surface area contributed by atoms with E-state index in [2.05, 4.69) is 33.0 Å². The molecule has 0 unspecified atom stereocenters. The van der Waals surface area contributed by atoms with Crippen LogP contribution in [0.25, 0.3) is 0 Å². The van der Waals surface area contributed by atoms with Crippen molar-refractivity contribution in [3.05, 3.63) is 72.8 Å². The summed E-state index contributed by atoms with van der Waals surface area (Å²) in [6.07, 6.45) is 4.23. The van der Waals surface area contributed by atoms with Gasteiger partial charge in [0.1, 0.15) is 17.3 Å². The fourth-order valence-corrected chi connectivity index (χ4v) is 1.61. The Kier molecular flexibility index (Phi) is 64.7. The Morgan fingerprint density at radius 3 is 0.846 bits per heavy atom. The van der Waals surface area contributed by atoms with Gasteiger partial charge in [-0.1, -0.05) is 134 Å². The SMILES string of the molecule is CC.CC(C)=O.CCC.CCC.CCCC(C)=O.CCNC(=O)CC(C)=O.c1ccccc1.c1ccccc1. The summed E-state index contributed by atoms with van der Waals surface area (Å²) in [6.45, 7) is 23.0. The van der Waals surface area contributed by atoms with Gasteiger partial charge >= 0.3 is 0 Å². The molecule has 0 aliphatic carbocycles. The van der Waals surface area contributed by atoms with Crippen molar-refractivity contribution in [2.75, 3.05) is 6.54 Å². The Labute approximate surface area is 242 Å². The second-order valence-corrected chi connectivity index (χ2v) is 7.92. The molecule has 0 fully saturated rings. The number of hydrogen-bond acceptors (Lipinski definition) is 4. The summed E-state index contributed by atoms with van der Waals surface area (Å²) in [5, 5.41) is 2.52. The molecule has 2 aromatic carbocycles. The van der Waals surface area contributed by atoms with Crippen molar-refractivity contribution in [2.24, 2.45) is 0 Å². The number of carbonyl (C=O) groups is 4. The van der Waals surface area contributed by atoms with Crippen LogP contribution < -0.4 is 5.32 Å². The molecule has 5 heteroatoms. The molecule has 2 rings (SSSR count). The molecule has 226 valence electrons. The van der Waals surface area contributed by atoms with E-state index < -0.39 is 0 Å². The number of hydrogen-bond donors (Lipinski definition) is 1. The van der Waals surface area contributed by atoms with Gasteiger partial charge in [0, 0.05) is 13.0 Å². The molecule has 1 amide bonds. The number of amides is 1. The normalized spacial score (nSPS) is 7.49. The van der Waals surface area contributed by atoms with Crippen LogP contribution in [0.1, 0.15) is 115 Å². The number of carbonyl (C=O) groups excluding carboxylic acids is 4. The maximum Gasteiger partial charge on any atom is 0.227 e. The molecular weight excluding hydrogens is 486 g/mol. The molecule has 2 aromatic rings. The van der Waals surface area contributed by atoms with Gasteiger partial charge in [-0.05, 0) is 41.0 Å². The quantitative estimate of drug-likeness (QED) is 0.378. The zero-order chi connectivity index (χ0) is 31.7. The van der Waals surface area contributed by atoms with E-state index in [9.17, 15) is 19.2 Å². The molecule has 0 saturated carbocycles. The van der Waals surface area contributed by atoms with Crippen molar-refractivity contribution in [3.8, 4) is 0 Å². The van der Waals surface area contributed by atoms with Crippen LogP contribution in [0.5, 0.6) is 0 Å². The Morgan fingerprint density at radius 1 is 0.513 bits per heavy atom. The van der Waals surface area contributed by atoms with Gasteiger partial charge in [0.05, 0.1) is 6.42 Å². The standard InChI is InChI=1S/C6H11NO2.2C6H6.C5H10O.C3H6O.2C3H8.C2H6/c1-3-7-6(9)4-5(2)8;2*1-2-4-6-5-3-1;1-3-4-5(2)6;1-3(2)4;2*1-3-2;1-2/h3-4H2,1-2H3,(H,7,9);2*1-6H;3-4H2,1-2H3;1-2H3;2*3H2,1-2H3;1-2H3. The van der Waals surface area contributed by atoms with Crippen molar-refractivity contribution in [3.63, 3.8) is 0 Å². The fraction of sp³-hybridized carbons (Fsp3) is 0.529. The minimum atomic E-state index is -0.190. The number of benzene rings is 2. The van der Waals surface area contributed by atoms with Gasteiger partial charge in [0.15, 0.2) is 0 Å². The highest BCUT2D eigenvalue weighted by atomic mass is 16.2. The van der Waals surface area contributed by atoms with Gasteiger partial charge in [-0.25, -0.2) is 0 Å². The van der Waals surface area contributed by atoms with E-state index in [1.807, 2.05) is 100 Å². The summed E-state index contributed by atoms with van der Waals surface area (Å²) in [7, 11) is 0. The third kappa shape index (κ3) is 106. The van der Waals surface area contributed by atoms with Gasteiger partial charge in [-0.2, -0.15) is 0 Å². The van der Waals surface area contributed by atoms with E-state index >= 15 is 0 Å². The number of rotatable bonds is 5. The van der Waals surface area contributed by atoms with E-state index in [1.165, 1.54) is 33.6 Å². The molecule has 0 atom stereocenters. The molecular formula is C34H61NO4. The van der Waals surface area contributed by atoms with E-state index in [1.54, 1.807) is 6.92 Å². The van der Waals surface area contributed by atoms with Gasteiger partial charge < -0.3 is 14.9 Å². The Hall–Kier alpha value is -3.08. The molecule has 0 spiro atoms. The summed E-state index contributed by atoms with van der Waals surface area (Å²) in [5.41, 5.74) is 0. The number of Topliss-reactive ketones (excluding diaryl/α,β-unsaturated/α-hetero) is 3. The van der Waals surface area contributed by atoms with E-state index in [0.717, 1.165) is 12.8 Å². The number of nitrogens with one attached hydrogen (secondary N) is 1. The topological polar surface area (TPSA) is 80.3 Å². The molecule has 5 nitrogen and oxygen atoms in total. The lowest BCUT2D eigenvalue weighted by atomic mass is 10.3. The van der Waals surface area contributed by atoms with Crippen LogP contribution in [0.4, 0.5) is 0 Å². The minimum Gasteiger partial charge on any atom is -0.356 e. The first-order chi connectivity index (χ1) is 18.5. The van der Waals surface area contributed by atoms with Crippen LogP contribution in [-0.4, -0.2) is 29.8 Å². The zero-order valence-electron chi connectivity index (χ0n) is 27.3. The summed E-state index contributed by atoms with van der Waals surface area (Å²) in [4.78, 5) is 40.3. The van der Waals surface area contributed by atoms with Crippen molar-refractivity contribution < 1.29 is 19.2 Å². The highest BCUT2D eigenvalue weighted by Gasteiger charge is 2.00. The predicted octanol–water partition coefficient (Wildman–Crippen LogP) is 9.30. The van der Waals surface area contributed by atoms with Gasteiger partial charge in [-0.3, -0.25) is 9.59 Å². The van der Waals surface area contributed by atoms with E-state index in [4.69, 9.17) is 0 Å². The first kappa shape index (κ1) is 48.9. The highest BCUT2D eigenvalue weighted by Crippen LogP contribution is 1.84. The van der Waals surface area contributed by atoms with Crippen molar-refractivity contribution in [1.82, 2.24) is 5.32 Å². The lowest BCUT2D eigenvalue weighted by Gasteiger charge is -1.96. The van der Waals surface area contributed by atoms with E-state index in [-0.39, 0.29) is 29.7 Å². The Morgan fingerprint density at radius 2 is 0.744 bits per heavy atom. The Bertz CT molecular complexity index is 611. The van der Waals surface area contributed by atoms with Gasteiger partial charge in [0.25, 0.3) is 0 Å². The molecule has 0 aliphatic heterocycles. The van der Waals surface area contributed by atoms with Crippen LogP contribution in [0.2, 0.25) is 0 Å². The van der Waals surface area contributed by atoms with Gasteiger partial charge in [-0.15, -0.1) is 0 Å². The molecule has 39 heavy (non-hydrogen) atoms. The first-order valence-electron chi connectivity index (χ1n) is 14.2. The minimum absolute atomic E-state index is 0.00778. The average molecular weight is 548 g/mol. The third-order valence-corrected chi connectivity index (χ3v) is 2.72. The molecule has 0 bridgehead atoms. The van der Waals surface area contributed by atoms with E-state index in [0.29, 0.717) is 6.54 Å². The fourth-order valence-electron chi connectivity index (χ4n) is 1.61. The highest BCUT2D eigenvalue weighted by molar-refractivity contribution is 5.96. The maximum absolute atomic E-state index is 10.5. The average Bonchev–Trinajstić information content (AvgIpc) is 2.89. The molecule has 1 N–H and O–H groups in total. The molecule has 0 radical (unpaired) electrons. The summed E-state index contributed by atoms with van der Waals surface area (Å²) in [5.74, 6) is 0.170. The maximum atomic E-state index is 10.5. The van der Waals surface area contributed by atoms with Crippen LogP contribution >= 0.6 is 0 Å². The lowest BCUT2D eigenvalue weighted by Crippen LogP contribution is -2.24. The van der Waals surface area contributed by atoms with Crippen molar-refractivity contribution in [2.45, 2.75) is 115 Å². The van der Waals surface area contributed by atoms with Crippen LogP contribution in [0.3, 0.4) is 0 Å². The van der Waals surface area contributed by atoms with Crippen LogP contribution in [0.15, 0.2) is 72.8 Å². The van der Waals surface area contributed by atoms with Crippen LogP contribution in [0, 0.1) is 0 Å². The molecule has 0 aliphatic rings. The number of ketones is 3. The summed E-state index contributed by atoms with van der Waals surface area (Å²) >= 11 is 0. The third-order valence-electron chi connectivity index (χ3n) is 2.72. The largest absolute Gasteiger partial charge is 0.356 e. The van der Waals surface area contributed by atoms with Crippen molar-refractivity contribution in [1.29, 1.82) is 0 Å². The second-order valence-electron chi connectivity index (χ2n) is 7.92.